The van der Waals surface area contributed by atoms with Crippen molar-refractivity contribution in [2.75, 3.05) is 0 Å². The Hall–Kier alpha value is -2.67. The number of carbonyl (C=O) groups is 1. The third-order valence-corrected chi connectivity index (χ3v) is 4.62. The van der Waals surface area contributed by atoms with Gasteiger partial charge in [-0.25, -0.2) is 0 Å². The number of primary amides is 1. The number of hydrogen-bond acceptors (Lipinski definition) is 5. The van der Waals surface area contributed by atoms with Gasteiger partial charge in [0, 0.05) is 18.0 Å². The van der Waals surface area contributed by atoms with E-state index in [0.29, 0.717) is 11.7 Å². The van der Waals surface area contributed by atoms with E-state index >= 15 is 0 Å². The number of thioether (sulfide) groups is 1. The minimum atomic E-state index is -0.381. The minimum absolute atomic E-state index is 0.375. The monoisotopic (exact) mass is 339 g/mol. The van der Waals surface area contributed by atoms with Crippen LogP contribution in [0.25, 0.3) is 11.4 Å². The topological polar surface area (TPSA) is 86.7 Å². The van der Waals surface area contributed by atoms with Crippen LogP contribution in [0.2, 0.25) is 0 Å². The van der Waals surface area contributed by atoms with E-state index in [4.69, 9.17) is 5.73 Å². The summed E-state index contributed by atoms with van der Waals surface area (Å²) < 4.78 is 1.99. The third-order valence-electron chi connectivity index (χ3n) is 3.52. The molecule has 2 aromatic heterocycles. The molecule has 24 heavy (non-hydrogen) atoms. The molecule has 2 heterocycles. The molecule has 3 rings (SSSR count). The highest BCUT2D eigenvalue weighted by atomic mass is 32.2. The Labute approximate surface area is 144 Å². The van der Waals surface area contributed by atoms with Crippen molar-refractivity contribution in [3.8, 4) is 11.4 Å². The van der Waals surface area contributed by atoms with Gasteiger partial charge in [-0.3, -0.25) is 14.3 Å². The molecule has 6 nitrogen and oxygen atoms in total. The average molecular weight is 339 g/mol. The molecule has 0 aliphatic carbocycles. The zero-order valence-corrected chi connectivity index (χ0v) is 14.0. The molecule has 0 spiro atoms. The highest BCUT2D eigenvalue weighted by Crippen LogP contribution is 2.27. The maximum absolute atomic E-state index is 11.4. The van der Waals surface area contributed by atoms with E-state index in [0.717, 1.165) is 17.0 Å². The summed E-state index contributed by atoms with van der Waals surface area (Å²) in [4.78, 5) is 15.4. The van der Waals surface area contributed by atoms with E-state index in [9.17, 15) is 4.79 Å². The lowest BCUT2D eigenvalue weighted by Crippen LogP contribution is -2.23. The van der Waals surface area contributed by atoms with Crippen LogP contribution in [0.1, 0.15) is 12.5 Å². The first-order valence-corrected chi connectivity index (χ1v) is 8.36. The molecular weight excluding hydrogens is 322 g/mol. The van der Waals surface area contributed by atoms with Crippen LogP contribution in [-0.2, 0) is 11.3 Å². The molecule has 0 unspecified atom stereocenters. The number of hydrogen-bond donors (Lipinski definition) is 1. The zero-order valence-electron chi connectivity index (χ0n) is 13.2. The first-order chi connectivity index (χ1) is 11.6. The van der Waals surface area contributed by atoms with E-state index in [2.05, 4.69) is 15.2 Å². The molecule has 0 radical (unpaired) electrons. The molecule has 0 aliphatic heterocycles. The second kappa shape index (κ2) is 7.27. The molecule has 2 N–H and O–H groups in total. The van der Waals surface area contributed by atoms with Gasteiger partial charge in [0.2, 0.25) is 5.91 Å². The van der Waals surface area contributed by atoms with Crippen molar-refractivity contribution in [1.29, 1.82) is 0 Å². The Bertz CT molecular complexity index is 820. The maximum Gasteiger partial charge on any atom is 0.230 e. The Morgan fingerprint density at radius 3 is 2.54 bits per heavy atom. The molecule has 0 aliphatic rings. The zero-order chi connectivity index (χ0) is 16.9. The Morgan fingerprint density at radius 1 is 1.17 bits per heavy atom. The summed E-state index contributed by atoms with van der Waals surface area (Å²) in [5.74, 6) is 0.361. The van der Waals surface area contributed by atoms with Gasteiger partial charge < -0.3 is 5.73 Å². The van der Waals surface area contributed by atoms with Crippen LogP contribution in [0, 0.1) is 0 Å². The van der Waals surface area contributed by atoms with E-state index in [1.807, 2.05) is 47.0 Å². The van der Waals surface area contributed by atoms with E-state index in [1.165, 1.54) is 11.8 Å². The smallest absolute Gasteiger partial charge is 0.230 e. The molecule has 1 atom stereocenters. The fourth-order valence-electron chi connectivity index (χ4n) is 2.22. The predicted molar refractivity (Wildman–Crippen MR) is 93.3 cm³/mol. The van der Waals surface area contributed by atoms with Crippen molar-refractivity contribution in [1.82, 2.24) is 19.7 Å². The molecular formula is C17H17N5OS. The van der Waals surface area contributed by atoms with Gasteiger partial charge in [-0.1, -0.05) is 42.1 Å². The third kappa shape index (κ3) is 3.62. The molecule has 0 bridgehead atoms. The van der Waals surface area contributed by atoms with Crippen molar-refractivity contribution < 1.29 is 4.79 Å². The molecule has 1 aromatic carbocycles. The van der Waals surface area contributed by atoms with Crippen LogP contribution >= 0.6 is 11.8 Å². The molecule has 0 fully saturated rings. The van der Waals surface area contributed by atoms with Crippen molar-refractivity contribution in [2.24, 2.45) is 5.73 Å². The number of amides is 1. The van der Waals surface area contributed by atoms with Gasteiger partial charge in [-0.05, 0) is 24.6 Å². The summed E-state index contributed by atoms with van der Waals surface area (Å²) in [6.45, 7) is 2.37. The van der Waals surface area contributed by atoms with E-state index < -0.39 is 0 Å². The number of benzene rings is 1. The second-order valence-electron chi connectivity index (χ2n) is 5.28. The largest absolute Gasteiger partial charge is 0.369 e. The Morgan fingerprint density at radius 2 is 1.88 bits per heavy atom. The van der Waals surface area contributed by atoms with Gasteiger partial charge in [0.15, 0.2) is 11.0 Å². The summed E-state index contributed by atoms with van der Waals surface area (Å²) in [5, 5.41) is 8.85. The predicted octanol–water partition coefficient (Wildman–Crippen LogP) is 2.35. The number of aromatic nitrogens is 4. The lowest BCUT2D eigenvalue weighted by atomic mass is 10.2. The van der Waals surface area contributed by atoms with Gasteiger partial charge >= 0.3 is 0 Å². The Balaban J connectivity index is 2.00. The summed E-state index contributed by atoms with van der Waals surface area (Å²) >= 11 is 1.31. The van der Waals surface area contributed by atoms with Gasteiger partial charge in [-0.2, -0.15) is 0 Å². The first kappa shape index (κ1) is 16.2. The van der Waals surface area contributed by atoms with Crippen molar-refractivity contribution >= 4 is 17.7 Å². The normalized spacial score (nSPS) is 12.0. The first-order valence-electron chi connectivity index (χ1n) is 7.48. The summed E-state index contributed by atoms with van der Waals surface area (Å²) in [6.07, 6.45) is 3.44. The molecule has 0 saturated heterocycles. The fourth-order valence-corrected chi connectivity index (χ4v) is 3.01. The van der Waals surface area contributed by atoms with Crippen molar-refractivity contribution in [3.05, 3.63) is 60.4 Å². The number of nitrogens with two attached hydrogens (primary N) is 1. The summed E-state index contributed by atoms with van der Waals surface area (Å²) in [5.41, 5.74) is 7.43. The number of pyridine rings is 1. The van der Waals surface area contributed by atoms with Gasteiger partial charge in [0.05, 0.1) is 11.8 Å². The average Bonchev–Trinajstić information content (AvgIpc) is 2.99. The molecule has 1 amide bonds. The van der Waals surface area contributed by atoms with Crippen LogP contribution in [0.3, 0.4) is 0 Å². The summed E-state index contributed by atoms with van der Waals surface area (Å²) in [7, 11) is 0. The highest BCUT2D eigenvalue weighted by Gasteiger charge is 2.19. The van der Waals surface area contributed by atoms with Crippen LogP contribution in [0.15, 0.2) is 60.0 Å². The molecule has 7 heteroatoms. The van der Waals surface area contributed by atoms with E-state index in [1.54, 1.807) is 19.3 Å². The quantitative estimate of drug-likeness (QED) is 0.697. The van der Waals surface area contributed by atoms with Gasteiger partial charge in [0.1, 0.15) is 0 Å². The minimum Gasteiger partial charge on any atom is -0.369 e. The van der Waals surface area contributed by atoms with Crippen molar-refractivity contribution in [3.63, 3.8) is 0 Å². The van der Waals surface area contributed by atoms with Crippen LogP contribution in [0.4, 0.5) is 0 Å². The number of carbonyl (C=O) groups excluding carboxylic acids is 1. The maximum atomic E-state index is 11.4. The number of nitrogens with zero attached hydrogens (tertiary/aromatic N) is 4. The van der Waals surface area contributed by atoms with Crippen molar-refractivity contribution in [2.45, 2.75) is 23.9 Å². The van der Waals surface area contributed by atoms with Crippen LogP contribution in [-0.4, -0.2) is 30.9 Å². The lowest BCUT2D eigenvalue weighted by Gasteiger charge is -2.12. The second-order valence-corrected chi connectivity index (χ2v) is 6.58. The fraction of sp³-hybridized carbons (Fsp3) is 0.176. The van der Waals surface area contributed by atoms with Gasteiger partial charge in [-0.15, -0.1) is 10.2 Å². The van der Waals surface area contributed by atoms with Crippen LogP contribution in [0.5, 0.6) is 0 Å². The van der Waals surface area contributed by atoms with Crippen LogP contribution < -0.4 is 5.73 Å². The SMILES string of the molecule is C[C@@H](Sc1nnc(-c2ccncc2)n1Cc1ccccc1)C(N)=O. The lowest BCUT2D eigenvalue weighted by molar-refractivity contribution is -0.117. The van der Waals surface area contributed by atoms with Gasteiger partial charge in [0.25, 0.3) is 0 Å². The van der Waals surface area contributed by atoms with E-state index in [-0.39, 0.29) is 11.2 Å². The summed E-state index contributed by atoms with van der Waals surface area (Å²) in [6, 6.07) is 13.8. The highest BCUT2D eigenvalue weighted by molar-refractivity contribution is 8.00. The standard InChI is InChI=1S/C17H17N5OS/c1-12(15(18)23)24-17-21-20-16(14-7-9-19-10-8-14)22(17)11-13-5-3-2-4-6-13/h2-10,12H,11H2,1H3,(H2,18,23)/t12-/m1/s1. The Kier molecular flexibility index (Phi) is 4.90. The molecule has 3 aromatic rings. The molecule has 0 saturated carbocycles. The number of rotatable bonds is 6. The molecule has 122 valence electrons.